The van der Waals surface area contributed by atoms with Gasteiger partial charge in [-0.05, 0) is 67.5 Å². The summed E-state index contributed by atoms with van der Waals surface area (Å²) in [6, 6.07) is 33.1. The van der Waals surface area contributed by atoms with Crippen molar-refractivity contribution in [2.45, 2.75) is 58.4 Å². The molecule has 3 aromatic carbocycles. The fourth-order valence-corrected chi connectivity index (χ4v) is 11.2. The number of rotatable bonds is 10. The largest absolute Gasteiger partial charge is 0.409 e. The second-order valence-electron chi connectivity index (χ2n) is 11.5. The van der Waals surface area contributed by atoms with Gasteiger partial charge in [-0.3, -0.25) is 0 Å². The van der Waals surface area contributed by atoms with Crippen molar-refractivity contribution in [3.8, 4) is 0 Å². The van der Waals surface area contributed by atoms with Crippen molar-refractivity contribution >= 4 is 60.5 Å². The summed E-state index contributed by atoms with van der Waals surface area (Å²) in [5.41, 5.74) is 0.904. The minimum absolute atomic E-state index is 0.0736. The predicted molar refractivity (Wildman–Crippen MR) is 177 cm³/mol. The molecule has 39 heavy (non-hydrogen) atoms. The Morgan fingerprint density at radius 2 is 1.36 bits per heavy atom. The maximum atomic E-state index is 7.15. The molecule has 1 aromatic heterocycles. The summed E-state index contributed by atoms with van der Waals surface area (Å²) < 4.78 is 7.08. The Morgan fingerprint density at radius 1 is 0.897 bits per heavy atom. The van der Waals surface area contributed by atoms with Crippen molar-refractivity contribution in [1.82, 2.24) is 4.98 Å². The molecule has 4 rings (SSSR count). The van der Waals surface area contributed by atoms with Gasteiger partial charge >= 0.3 is 0 Å². The van der Waals surface area contributed by atoms with Gasteiger partial charge in [-0.2, -0.15) is 0 Å². The molecule has 0 amide bonds. The van der Waals surface area contributed by atoms with Gasteiger partial charge in [0.15, 0.2) is 8.32 Å². The van der Waals surface area contributed by atoms with Crippen LogP contribution in [0.4, 0.5) is 0 Å². The van der Waals surface area contributed by atoms with Crippen molar-refractivity contribution < 1.29 is 4.43 Å². The van der Waals surface area contributed by atoms with Crippen LogP contribution in [0.2, 0.25) is 18.1 Å². The molecule has 1 atom stereocenters. The first-order valence-electron chi connectivity index (χ1n) is 13.5. The fourth-order valence-electron chi connectivity index (χ4n) is 4.66. The van der Waals surface area contributed by atoms with E-state index in [-0.39, 0.29) is 11.1 Å². The Morgan fingerprint density at radius 3 is 1.74 bits per heavy atom. The van der Waals surface area contributed by atoms with Crippen molar-refractivity contribution in [2.75, 3.05) is 6.16 Å². The summed E-state index contributed by atoms with van der Waals surface area (Å²) in [6.07, 6.45) is 3.57. The first-order chi connectivity index (χ1) is 18.5. The van der Waals surface area contributed by atoms with E-state index in [1.165, 1.54) is 15.9 Å². The quantitative estimate of drug-likeness (QED) is 0.136. The zero-order chi connectivity index (χ0) is 28.1. The molecule has 0 fully saturated rings. The van der Waals surface area contributed by atoms with Crippen molar-refractivity contribution in [3.63, 3.8) is 0 Å². The van der Waals surface area contributed by atoms with E-state index in [2.05, 4.69) is 135 Å². The average Bonchev–Trinajstić information content (AvgIpc) is 3.33. The molecule has 0 aliphatic carbocycles. The summed E-state index contributed by atoms with van der Waals surface area (Å²) in [4.78, 5) is 4.65. The number of nitrogens with zero attached hydrogens (tertiary/aromatic N) is 1. The Hall–Kier alpha value is -2.07. The van der Waals surface area contributed by atoms with Crippen LogP contribution in [0.25, 0.3) is 6.08 Å². The van der Waals surface area contributed by atoms with E-state index in [9.17, 15) is 0 Å². The lowest BCUT2D eigenvalue weighted by Crippen LogP contribution is -2.44. The SMILES string of the molecule is Cc1nc(/C=C(/Cl)[C@H](CC[P+](c2ccccc2)(c2ccccc2)c2ccccc2)O[Si](C)(C)C(C)(C)C)cs1. The van der Waals surface area contributed by atoms with Crippen molar-refractivity contribution in [1.29, 1.82) is 0 Å². The molecule has 0 bridgehead atoms. The molecule has 0 aliphatic rings. The predicted octanol–water partition coefficient (Wildman–Crippen LogP) is 8.81. The van der Waals surface area contributed by atoms with E-state index in [0.29, 0.717) is 0 Å². The van der Waals surface area contributed by atoms with Gasteiger partial charge < -0.3 is 4.43 Å². The molecule has 204 valence electrons. The molecule has 0 spiro atoms. The molecule has 1 heterocycles. The average molecular weight is 593 g/mol. The molecule has 0 aliphatic heterocycles. The Labute approximate surface area is 245 Å². The first-order valence-corrected chi connectivity index (χ1v) is 19.7. The molecular formula is C33H40ClNOPSSi+. The van der Waals surface area contributed by atoms with Crippen LogP contribution < -0.4 is 15.9 Å². The lowest BCUT2D eigenvalue weighted by Gasteiger charge is -2.39. The molecular weight excluding hydrogens is 553 g/mol. The highest BCUT2D eigenvalue weighted by atomic mass is 35.5. The fraction of sp³-hybridized carbons (Fsp3) is 0.303. The molecule has 0 saturated carbocycles. The molecule has 0 radical (unpaired) electrons. The van der Waals surface area contributed by atoms with Crippen LogP contribution in [0.5, 0.6) is 0 Å². The van der Waals surface area contributed by atoms with Gasteiger partial charge in [-0.15, -0.1) is 11.3 Å². The van der Waals surface area contributed by atoms with Gasteiger partial charge in [0.1, 0.15) is 23.2 Å². The van der Waals surface area contributed by atoms with Gasteiger partial charge in [-0.1, -0.05) is 87.0 Å². The summed E-state index contributed by atoms with van der Waals surface area (Å²) in [7, 11) is -4.10. The van der Waals surface area contributed by atoms with Gasteiger partial charge in [0.25, 0.3) is 0 Å². The minimum Gasteiger partial charge on any atom is -0.409 e. The van der Waals surface area contributed by atoms with Crippen LogP contribution in [0.1, 0.15) is 37.9 Å². The summed E-state index contributed by atoms with van der Waals surface area (Å²) in [5.74, 6) is 0. The normalized spacial score (nSPS) is 13.9. The van der Waals surface area contributed by atoms with E-state index in [1.807, 2.05) is 13.0 Å². The van der Waals surface area contributed by atoms with Crippen LogP contribution in [-0.2, 0) is 4.43 Å². The number of hydrogen-bond donors (Lipinski definition) is 0. The Balaban J connectivity index is 1.82. The van der Waals surface area contributed by atoms with Crippen molar-refractivity contribution in [2.24, 2.45) is 0 Å². The number of aromatic nitrogens is 1. The first kappa shape index (κ1) is 29.9. The lowest BCUT2D eigenvalue weighted by molar-refractivity contribution is 0.218. The molecule has 0 unspecified atom stereocenters. The maximum absolute atomic E-state index is 7.15. The van der Waals surface area contributed by atoms with Crippen LogP contribution in [0, 0.1) is 6.92 Å². The van der Waals surface area contributed by atoms with Crippen LogP contribution in [0.3, 0.4) is 0 Å². The van der Waals surface area contributed by atoms with Gasteiger partial charge in [0.2, 0.25) is 0 Å². The van der Waals surface area contributed by atoms with Gasteiger partial charge in [-0.25, -0.2) is 4.98 Å². The van der Waals surface area contributed by atoms with Gasteiger partial charge in [0, 0.05) is 16.8 Å². The van der Waals surface area contributed by atoms with Crippen molar-refractivity contribution in [3.05, 3.63) is 112 Å². The summed E-state index contributed by atoms with van der Waals surface area (Å²) in [6.45, 7) is 13.5. The standard InChI is InChI=1S/C33H40ClNOPSSi/c1-26-35-27(25-38-26)24-31(34)32(36-39(5,6)33(2,3)4)22-23-37(28-16-10-7-11-17-28,29-18-12-8-13-19-29)30-20-14-9-15-21-30/h7-21,24-25,32H,22-23H2,1-6H3/q+1/b31-24+/t32-/m0/s1. The third-order valence-corrected chi connectivity index (χ3v) is 17.9. The van der Waals surface area contributed by atoms with Crippen LogP contribution in [-0.4, -0.2) is 25.6 Å². The lowest BCUT2D eigenvalue weighted by atomic mass is 10.2. The zero-order valence-electron chi connectivity index (χ0n) is 23.9. The van der Waals surface area contributed by atoms with E-state index in [4.69, 9.17) is 16.0 Å². The number of hydrogen-bond acceptors (Lipinski definition) is 3. The number of thiazole rings is 1. The highest BCUT2D eigenvalue weighted by molar-refractivity contribution is 7.95. The molecule has 0 saturated heterocycles. The Bertz CT molecular complexity index is 1270. The monoisotopic (exact) mass is 592 g/mol. The zero-order valence-corrected chi connectivity index (χ0v) is 27.4. The van der Waals surface area contributed by atoms with E-state index >= 15 is 0 Å². The third-order valence-electron chi connectivity index (χ3n) is 7.79. The van der Waals surface area contributed by atoms with Crippen LogP contribution >= 0.6 is 30.2 Å². The van der Waals surface area contributed by atoms with E-state index in [1.54, 1.807) is 11.3 Å². The second kappa shape index (κ2) is 12.6. The topological polar surface area (TPSA) is 22.1 Å². The second-order valence-corrected chi connectivity index (χ2v) is 21.4. The minimum atomic E-state index is -2.11. The van der Waals surface area contributed by atoms with E-state index < -0.39 is 15.6 Å². The van der Waals surface area contributed by atoms with Crippen LogP contribution in [0.15, 0.2) is 101 Å². The molecule has 0 N–H and O–H groups in total. The van der Waals surface area contributed by atoms with E-state index in [0.717, 1.165) is 28.3 Å². The molecule has 6 heteroatoms. The third kappa shape index (κ3) is 6.99. The van der Waals surface area contributed by atoms with Gasteiger partial charge in [0.05, 0.1) is 23.0 Å². The highest BCUT2D eigenvalue weighted by Crippen LogP contribution is 2.56. The summed E-state index contributed by atoms with van der Waals surface area (Å²) in [5, 5.41) is 8.05. The number of benzene rings is 3. The Kier molecular flexibility index (Phi) is 9.68. The smallest absolute Gasteiger partial charge is 0.192 e. The summed E-state index contributed by atoms with van der Waals surface area (Å²) >= 11 is 8.79. The molecule has 2 nitrogen and oxygen atoms in total. The highest BCUT2D eigenvalue weighted by Gasteiger charge is 2.47. The number of aryl methyl sites for hydroxylation is 1. The number of halogens is 1. The maximum Gasteiger partial charge on any atom is 0.192 e. The molecule has 4 aromatic rings.